The molecule has 0 saturated heterocycles. The van der Waals surface area contributed by atoms with E-state index in [0.29, 0.717) is 22.1 Å². The first-order valence-corrected chi connectivity index (χ1v) is 13.4. The molecule has 0 spiro atoms. The van der Waals surface area contributed by atoms with E-state index in [2.05, 4.69) is 42.8 Å². The summed E-state index contributed by atoms with van der Waals surface area (Å²) >= 11 is 1.55. The van der Waals surface area contributed by atoms with Gasteiger partial charge < -0.3 is 4.90 Å². The molecule has 1 atom stereocenters. The predicted octanol–water partition coefficient (Wildman–Crippen LogP) is 4.77. The number of hydrogen-bond acceptors (Lipinski definition) is 5. The fraction of sp³-hybridized carbons (Fsp3) is 0.407. The molecule has 0 aliphatic carbocycles. The topological polar surface area (TPSA) is 73.2 Å². The summed E-state index contributed by atoms with van der Waals surface area (Å²) in [6, 6.07) is 15.8. The molecule has 0 bridgehead atoms. The van der Waals surface area contributed by atoms with Crippen LogP contribution in [0.15, 0.2) is 58.5 Å². The van der Waals surface area contributed by atoms with Gasteiger partial charge in [-0.05, 0) is 61.3 Å². The second-order valence-electron chi connectivity index (χ2n) is 8.65. The second-order valence-corrected chi connectivity index (χ2v) is 9.74. The summed E-state index contributed by atoms with van der Waals surface area (Å²) in [6.45, 7) is 9.83. The Morgan fingerprint density at radius 2 is 1.80 bits per heavy atom. The zero-order valence-electron chi connectivity index (χ0n) is 21.0. The molecule has 4 rings (SSSR count). The highest BCUT2D eigenvalue weighted by Gasteiger charge is 2.44. The number of fused-ring (bicyclic) bond motifs is 3. The van der Waals surface area contributed by atoms with Gasteiger partial charge in [-0.3, -0.25) is 14.6 Å². The minimum atomic E-state index is -0.555. The first-order chi connectivity index (χ1) is 17.0. The molecule has 3 aromatic rings. The molecule has 7 nitrogen and oxygen atoms in total. The quantitative estimate of drug-likeness (QED) is 0.265. The molecule has 0 unspecified atom stereocenters. The van der Waals surface area contributed by atoms with E-state index in [9.17, 15) is 9.59 Å². The number of carbonyl (C=O) groups is 1. The molecule has 1 amide bonds. The number of aromatic amines is 1. The standard InChI is InChI=1S/C27H33N5O2S/c1-5-8-11-18-35-27-28-25(34)24-22-12-9-10-13-23(22)31(19(4)33)26(32(24)29-27)20-14-16-21(17-15-20)30(6-2)7-3/h9-10,12-17,26H,5-8,11,18H2,1-4H3/p+1/t26-/m0/s1. The van der Waals surface area contributed by atoms with Crippen LogP contribution in [0.2, 0.25) is 0 Å². The fourth-order valence-electron chi connectivity index (χ4n) is 4.64. The van der Waals surface area contributed by atoms with E-state index in [-0.39, 0.29) is 11.5 Å². The molecule has 0 saturated carbocycles. The summed E-state index contributed by atoms with van der Waals surface area (Å²) in [7, 11) is 0. The van der Waals surface area contributed by atoms with Crippen molar-refractivity contribution in [3.8, 4) is 11.3 Å². The number of benzene rings is 2. The van der Waals surface area contributed by atoms with Crippen LogP contribution in [0.4, 0.5) is 11.4 Å². The molecule has 1 aliphatic rings. The summed E-state index contributed by atoms with van der Waals surface area (Å²) in [5.41, 5.74) is 3.72. The van der Waals surface area contributed by atoms with Crippen molar-refractivity contribution in [2.24, 2.45) is 0 Å². The van der Waals surface area contributed by atoms with Gasteiger partial charge in [0.1, 0.15) is 0 Å². The number of hydrogen-bond donors (Lipinski definition) is 1. The largest absolute Gasteiger partial charge is 0.372 e. The number of carbonyl (C=O) groups excluding carboxylic acids is 1. The molecular weight excluding hydrogens is 458 g/mol. The van der Waals surface area contributed by atoms with Gasteiger partial charge in [-0.25, -0.2) is 4.90 Å². The monoisotopic (exact) mass is 492 g/mol. The summed E-state index contributed by atoms with van der Waals surface area (Å²) in [6.07, 6.45) is 2.79. The van der Waals surface area contributed by atoms with Gasteiger partial charge in [-0.15, -0.1) is 0 Å². The Kier molecular flexibility index (Phi) is 7.90. The Hall–Kier alpha value is -3.13. The number of anilines is 2. The van der Waals surface area contributed by atoms with E-state index in [1.165, 1.54) is 0 Å². The second kappa shape index (κ2) is 11.1. The van der Waals surface area contributed by atoms with Crippen LogP contribution in [0.1, 0.15) is 58.7 Å². The first kappa shape index (κ1) is 25.0. The number of nitrogens with zero attached hydrogens (tertiary/aromatic N) is 4. The van der Waals surface area contributed by atoms with Crippen molar-refractivity contribution in [2.75, 3.05) is 28.6 Å². The molecule has 0 fully saturated rings. The smallest absolute Gasteiger partial charge is 0.325 e. The lowest BCUT2D eigenvalue weighted by atomic mass is 10.0. The van der Waals surface area contributed by atoms with Gasteiger partial charge in [0.25, 0.3) is 6.17 Å². The van der Waals surface area contributed by atoms with Crippen LogP contribution in [0.3, 0.4) is 0 Å². The molecule has 1 N–H and O–H groups in total. The van der Waals surface area contributed by atoms with Crippen molar-refractivity contribution in [3.05, 3.63) is 64.4 Å². The minimum absolute atomic E-state index is 0.104. The van der Waals surface area contributed by atoms with Gasteiger partial charge in [0.15, 0.2) is 0 Å². The number of thioether (sulfide) groups is 1. The molecule has 2 aromatic carbocycles. The highest BCUT2D eigenvalue weighted by molar-refractivity contribution is 7.99. The number of aromatic nitrogens is 3. The van der Waals surface area contributed by atoms with Gasteiger partial charge >= 0.3 is 11.3 Å². The number of rotatable bonds is 9. The van der Waals surface area contributed by atoms with Crippen LogP contribution < -0.4 is 20.0 Å². The normalized spacial score (nSPS) is 14.4. The molecule has 184 valence electrons. The van der Waals surface area contributed by atoms with Crippen LogP contribution in [0.5, 0.6) is 0 Å². The van der Waals surface area contributed by atoms with Crippen LogP contribution in [-0.2, 0) is 4.79 Å². The summed E-state index contributed by atoms with van der Waals surface area (Å²) in [5, 5.41) is 5.44. The van der Waals surface area contributed by atoms with E-state index < -0.39 is 6.17 Å². The Labute approximate surface area is 211 Å². The Morgan fingerprint density at radius 3 is 2.46 bits per heavy atom. The number of unbranched alkanes of at least 4 members (excludes halogenated alkanes) is 2. The molecule has 2 heterocycles. The van der Waals surface area contributed by atoms with Crippen molar-refractivity contribution in [1.29, 1.82) is 0 Å². The van der Waals surface area contributed by atoms with Gasteiger partial charge in [0.05, 0.1) is 11.3 Å². The maximum Gasteiger partial charge on any atom is 0.325 e. The number of para-hydroxylation sites is 1. The van der Waals surface area contributed by atoms with E-state index in [4.69, 9.17) is 5.10 Å². The molecule has 0 radical (unpaired) electrons. The van der Waals surface area contributed by atoms with E-state index >= 15 is 0 Å². The Balaban J connectivity index is 1.86. The van der Waals surface area contributed by atoms with Crippen molar-refractivity contribution in [1.82, 2.24) is 10.1 Å². The third-order valence-corrected chi connectivity index (χ3v) is 7.35. The highest BCUT2D eigenvalue weighted by Crippen LogP contribution is 2.37. The van der Waals surface area contributed by atoms with Crippen molar-refractivity contribution in [3.63, 3.8) is 0 Å². The zero-order chi connectivity index (χ0) is 24.9. The molecule has 1 aliphatic heterocycles. The Morgan fingerprint density at radius 1 is 1.09 bits per heavy atom. The van der Waals surface area contributed by atoms with Crippen molar-refractivity contribution in [2.45, 2.75) is 58.3 Å². The van der Waals surface area contributed by atoms with Crippen molar-refractivity contribution >= 4 is 29.0 Å². The minimum Gasteiger partial charge on any atom is -0.372 e. The molecular formula is C27H34N5O2S+. The van der Waals surface area contributed by atoms with Crippen LogP contribution in [0, 0.1) is 0 Å². The number of amides is 1. The van der Waals surface area contributed by atoms with Crippen LogP contribution >= 0.6 is 11.8 Å². The lowest BCUT2D eigenvalue weighted by Gasteiger charge is -2.31. The van der Waals surface area contributed by atoms with Gasteiger partial charge in [0.2, 0.25) is 11.1 Å². The van der Waals surface area contributed by atoms with E-state index in [1.807, 2.05) is 36.4 Å². The van der Waals surface area contributed by atoms with E-state index in [0.717, 1.165) is 49.4 Å². The number of nitrogens with one attached hydrogen (secondary N) is 1. The Bertz CT molecular complexity index is 1240. The van der Waals surface area contributed by atoms with Crippen LogP contribution in [0.25, 0.3) is 11.3 Å². The molecule has 8 heteroatoms. The summed E-state index contributed by atoms with van der Waals surface area (Å²) in [4.78, 5) is 33.4. The summed E-state index contributed by atoms with van der Waals surface area (Å²) < 4.78 is 1.73. The zero-order valence-corrected chi connectivity index (χ0v) is 21.8. The SMILES string of the molecule is CCCCCSc1n[n+]2c(c(=O)[nH]1)-c1ccccc1N(C(C)=O)[C@@H]2c1ccc(N(CC)CC)cc1. The molecule has 35 heavy (non-hydrogen) atoms. The van der Waals surface area contributed by atoms with Crippen molar-refractivity contribution < 1.29 is 9.48 Å². The average molecular weight is 493 g/mol. The third kappa shape index (κ3) is 4.98. The summed E-state index contributed by atoms with van der Waals surface area (Å²) in [5.74, 6) is 0.777. The average Bonchev–Trinajstić information content (AvgIpc) is 2.86. The maximum absolute atomic E-state index is 13.4. The lowest BCUT2D eigenvalue weighted by molar-refractivity contribution is -0.763. The van der Waals surface area contributed by atoms with Gasteiger partial charge in [0, 0.05) is 42.1 Å². The van der Waals surface area contributed by atoms with Gasteiger partial charge in [-0.1, -0.05) is 43.7 Å². The third-order valence-electron chi connectivity index (χ3n) is 6.40. The first-order valence-electron chi connectivity index (χ1n) is 12.4. The number of H-pyrrole nitrogens is 1. The highest BCUT2D eigenvalue weighted by atomic mass is 32.2. The predicted molar refractivity (Wildman–Crippen MR) is 142 cm³/mol. The van der Waals surface area contributed by atoms with Crippen LogP contribution in [-0.4, -0.2) is 34.8 Å². The van der Waals surface area contributed by atoms with Gasteiger partial charge in [-0.2, -0.15) is 0 Å². The maximum atomic E-state index is 13.4. The molecule has 1 aromatic heterocycles. The fourth-order valence-corrected chi connectivity index (χ4v) is 5.50. The van der Waals surface area contributed by atoms with E-state index in [1.54, 1.807) is 28.3 Å². The lowest BCUT2D eigenvalue weighted by Crippen LogP contribution is -2.60.